The number of amides is 2. The summed E-state index contributed by atoms with van der Waals surface area (Å²) >= 11 is 0. The molecule has 0 bridgehead atoms. The predicted molar refractivity (Wildman–Crippen MR) is 108 cm³/mol. The van der Waals surface area contributed by atoms with Gasteiger partial charge in [0.2, 0.25) is 0 Å². The Morgan fingerprint density at radius 1 is 1.03 bits per heavy atom. The smallest absolute Gasteiger partial charge is 0.419 e. The minimum Gasteiger partial charge on any atom is -0.464 e. The van der Waals surface area contributed by atoms with E-state index >= 15 is 0 Å². The molecule has 2 aromatic rings. The number of aliphatic hydroxyl groups is 1. The molecule has 0 saturated carbocycles. The number of hydrogen-bond acceptors (Lipinski definition) is 5. The van der Waals surface area contributed by atoms with Crippen molar-refractivity contribution >= 4 is 12.2 Å². The third-order valence-electron chi connectivity index (χ3n) is 4.32. The maximum absolute atomic E-state index is 12.3. The molecule has 2 rings (SSSR count). The Bertz CT molecular complexity index is 757. The number of alkyl carbamates (subject to hydrolysis) is 1. The fourth-order valence-electron chi connectivity index (χ4n) is 2.81. The molecule has 0 radical (unpaired) electrons. The molecule has 2 amide bonds. The number of hydrazine groups is 1. The van der Waals surface area contributed by atoms with Gasteiger partial charge in [-0.15, -0.1) is 0 Å². The zero-order valence-electron chi connectivity index (χ0n) is 16.3. The first-order valence-electron chi connectivity index (χ1n) is 9.41. The van der Waals surface area contributed by atoms with Crippen LogP contribution in [0.1, 0.15) is 18.1 Å². The number of aliphatic hydroxyl groups excluding tert-OH is 1. The molecule has 0 spiro atoms. The molecule has 0 aromatic heterocycles. The second kappa shape index (κ2) is 11.7. The van der Waals surface area contributed by atoms with E-state index in [1.165, 1.54) is 5.01 Å². The van der Waals surface area contributed by atoms with Gasteiger partial charge in [0.25, 0.3) is 0 Å². The average molecular weight is 401 g/mol. The molecular formula is C21H27N3O5. The van der Waals surface area contributed by atoms with E-state index in [-0.39, 0.29) is 13.2 Å². The summed E-state index contributed by atoms with van der Waals surface area (Å²) in [6.45, 7) is 2.25. The van der Waals surface area contributed by atoms with Crippen LogP contribution in [-0.2, 0) is 17.8 Å². The van der Waals surface area contributed by atoms with E-state index in [4.69, 9.17) is 9.84 Å². The van der Waals surface area contributed by atoms with Crippen molar-refractivity contribution in [3.63, 3.8) is 0 Å². The van der Waals surface area contributed by atoms with E-state index in [1.807, 2.05) is 60.7 Å². The second-order valence-corrected chi connectivity index (χ2v) is 6.53. The zero-order chi connectivity index (χ0) is 21.1. The lowest BCUT2D eigenvalue weighted by Crippen LogP contribution is -2.53. The van der Waals surface area contributed by atoms with Crippen LogP contribution in [0.3, 0.4) is 0 Å². The van der Waals surface area contributed by atoms with Crippen molar-refractivity contribution in [3.05, 3.63) is 71.8 Å². The van der Waals surface area contributed by atoms with Crippen LogP contribution in [0.25, 0.3) is 0 Å². The highest BCUT2D eigenvalue weighted by Gasteiger charge is 2.25. The van der Waals surface area contributed by atoms with Gasteiger partial charge in [0, 0.05) is 13.1 Å². The molecular weight excluding hydrogens is 374 g/mol. The Hall–Kier alpha value is -3.10. The minimum atomic E-state index is -1.21. The molecule has 0 heterocycles. The maximum Gasteiger partial charge on any atom is 0.419 e. The molecule has 0 aliphatic heterocycles. The van der Waals surface area contributed by atoms with Gasteiger partial charge in [0.15, 0.2) is 0 Å². The van der Waals surface area contributed by atoms with E-state index in [0.29, 0.717) is 13.0 Å². The highest BCUT2D eigenvalue weighted by Crippen LogP contribution is 2.09. The normalized spacial score (nSPS) is 12.8. The van der Waals surface area contributed by atoms with Crippen molar-refractivity contribution in [1.82, 2.24) is 15.8 Å². The Kier molecular flexibility index (Phi) is 8.94. The van der Waals surface area contributed by atoms with E-state index in [9.17, 15) is 14.7 Å². The van der Waals surface area contributed by atoms with E-state index in [1.54, 1.807) is 6.92 Å². The number of likely N-dealkylation sites (N-methyl/N-ethyl adjacent to an activating group) is 1. The maximum atomic E-state index is 12.3. The van der Waals surface area contributed by atoms with Gasteiger partial charge in [-0.25, -0.2) is 14.6 Å². The summed E-state index contributed by atoms with van der Waals surface area (Å²) in [4.78, 5) is 23.2. The molecule has 8 heteroatoms. The molecule has 2 atom stereocenters. The Morgan fingerprint density at radius 2 is 1.62 bits per heavy atom. The summed E-state index contributed by atoms with van der Waals surface area (Å²) in [6, 6.07) is 18.0. The van der Waals surface area contributed by atoms with Crippen molar-refractivity contribution in [2.75, 3.05) is 13.1 Å². The van der Waals surface area contributed by atoms with Gasteiger partial charge in [-0.1, -0.05) is 67.6 Å². The van der Waals surface area contributed by atoms with Gasteiger partial charge in [-0.3, -0.25) is 5.43 Å². The molecule has 0 aliphatic carbocycles. The Balaban J connectivity index is 2.01. The summed E-state index contributed by atoms with van der Waals surface area (Å²) in [7, 11) is 0. The highest BCUT2D eigenvalue weighted by molar-refractivity contribution is 5.67. The van der Waals surface area contributed by atoms with Crippen LogP contribution in [0.4, 0.5) is 9.59 Å². The van der Waals surface area contributed by atoms with Crippen LogP contribution < -0.4 is 10.7 Å². The van der Waals surface area contributed by atoms with Crippen LogP contribution in [0, 0.1) is 0 Å². The molecule has 0 unspecified atom stereocenters. The van der Waals surface area contributed by atoms with Crippen LogP contribution in [0.5, 0.6) is 0 Å². The Labute approximate surface area is 170 Å². The lowest BCUT2D eigenvalue weighted by molar-refractivity contribution is 0.0537. The van der Waals surface area contributed by atoms with Crippen LogP contribution in [-0.4, -0.2) is 52.6 Å². The fourth-order valence-corrected chi connectivity index (χ4v) is 2.81. The monoisotopic (exact) mass is 401 g/mol. The summed E-state index contributed by atoms with van der Waals surface area (Å²) < 4.78 is 5.26. The van der Waals surface area contributed by atoms with Crippen LogP contribution in [0.2, 0.25) is 0 Å². The summed E-state index contributed by atoms with van der Waals surface area (Å²) in [5, 5.41) is 23.6. The lowest BCUT2D eigenvalue weighted by atomic mass is 10.0. The summed E-state index contributed by atoms with van der Waals surface area (Å²) in [5.41, 5.74) is 4.00. The van der Waals surface area contributed by atoms with E-state index in [0.717, 1.165) is 11.1 Å². The van der Waals surface area contributed by atoms with E-state index < -0.39 is 24.3 Å². The first-order valence-corrected chi connectivity index (χ1v) is 9.41. The number of nitrogens with one attached hydrogen (secondary N) is 2. The summed E-state index contributed by atoms with van der Waals surface area (Å²) in [6.07, 6.45) is -2.52. The van der Waals surface area contributed by atoms with Crippen LogP contribution >= 0.6 is 0 Å². The van der Waals surface area contributed by atoms with Crippen molar-refractivity contribution < 1.29 is 24.5 Å². The number of carbonyl (C=O) groups excluding carboxylic acids is 1. The minimum absolute atomic E-state index is 0.0132. The number of carbonyl (C=O) groups is 2. The highest BCUT2D eigenvalue weighted by atomic mass is 16.5. The number of carboxylic acid groups (broad SMARTS) is 1. The third-order valence-corrected chi connectivity index (χ3v) is 4.32. The van der Waals surface area contributed by atoms with Gasteiger partial charge < -0.3 is 20.3 Å². The number of nitrogens with zero attached hydrogens (tertiary/aromatic N) is 1. The van der Waals surface area contributed by atoms with E-state index in [2.05, 4.69) is 10.7 Å². The fraction of sp³-hybridized carbons (Fsp3) is 0.333. The van der Waals surface area contributed by atoms with Crippen molar-refractivity contribution in [2.45, 2.75) is 32.1 Å². The molecule has 29 heavy (non-hydrogen) atoms. The number of ether oxygens (including phenoxy) is 1. The quantitative estimate of drug-likeness (QED) is 0.455. The largest absolute Gasteiger partial charge is 0.464 e. The van der Waals surface area contributed by atoms with Gasteiger partial charge >= 0.3 is 12.2 Å². The molecule has 2 aromatic carbocycles. The SMILES string of the molecule is CCN(C[C@H](O)[C@H](Cc1ccccc1)NC(=O)OCc1ccccc1)NC(=O)O. The zero-order valence-corrected chi connectivity index (χ0v) is 16.3. The van der Waals surface area contributed by atoms with Gasteiger partial charge in [-0.2, -0.15) is 0 Å². The van der Waals surface area contributed by atoms with Crippen molar-refractivity contribution in [2.24, 2.45) is 0 Å². The number of benzene rings is 2. The Morgan fingerprint density at radius 3 is 2.17 bits per heavy atom. The first kappa shape index (κ1) is 22.2. The average Bonchev–Trinajstić information content (AvgIpc) is 2.72. The molecule has 0 aliphatic rings. The second-order valence-electron chi connectivity index (χ2n) is 6.53. The molecule has 0 fully saturated rings. The summed E-state index contributed by atoms with van der Waals surface area (Å²) in [5.74, 6) is 0. The molecule has 4 N–H and O–H groups in total. The molecule has 8 nitrogen and oxygen atoms in total. The van der Waals surface area contributed by atoms with Gasteiger partial charge in [-0.05, 0) is 17.5 Å². The third kappa shape index (κ3) is 8.20. The lowest BCUT2D eigenvalue weighted by Gasteiger charge is -2.28. The predicted octanol–water partition coefficient (Wildman–Crippen LogP) is 2.39. The molecule has 0 saturated heterocycles. The standard InChI is InChI=1S/C21H27N3O5/c1-2-24(23-20(26)27)14-19(25)18(13-16-9-5-3-6-10-16)22-21(28)29-15-17-11-7-4-8-12-17/h3-12,18-19,23,25H,2,13-15H2,1H3,(H,22,28)(H,26,27)/t18-,19-/m0/s1. The van der Waals surface area contributed by atoms with Crippen molar-refractivity contribution in [3.8, 4) is 0 Å². The topological polar surface area (TPSA) is 111 Å². The molecule has 156 valence electrons. The number of hydrogen-bond donors (Lipinski definition) is 4. The van der Waals surface area contributed by atoms with Crippen molar-refractivity contribution in [1.29, 1.82) is 0 Å². The van der Waals surface area contributed by atoms with Crippen LogP contribution in [0.15, 0.2) is 60.7 Å². The first-order chi connectivity index (χ1) is 14.0. The van der Waals surface area contributed by atoms with Gasteiger partial charge in [0.1, 0.15) is 6.61 Å². The number of rotatable bonds is 10. The van der Waals surface area contributed by atoms with Gasteiger partial charge in [0.05, 0.1) is 12.1 Å².